The molecule has 0 spiro atoms. The van der Waals surface area contributed by atoms with Gasteiger partial charge in [0.25, 0.3) is 0 Å². The maximum atomic E-state index is 9.39. The Hall–Kier alpha value is -0.220. The van der Waals surface area contributed by atoms with E-state index in [2.05, 4.69) is 0 Å². The molecule has 0 saturated carbocycles. The summed E-state index contributed by atoms with van der Waals surface area (Å²) in [4.78, 5) is 1.10. The van der Waals surface area contributed by atoms with Crippen LogP contribution in [0.2, 0.25) is 5.02 Å². The summed E-state index contributed by atoms with van der Waals surface area (Å²) < 4.78 is 4.83. The molecule has 0 aliphatic heterocycles. The summed E-state index contributed by atoms with van der Waals surface area (Å²) in [5.41, 5.74) is 0. The Morgan fingerprint density at radius 2 is 2.07 bits per heavy atom. The standard InChI is InChI=1S/C10H13ClO2S/c1-13-6-9(12)7-14-10-4-2-8(11)3-5-10/h2-5,9,12H,6-7H2,1H3. The van der Waals surface area contributed by atoms with E-state index in [9.17, 15) is 5.11 Å². The molecular formula is C10H13ClO2S. The summed E-state index contributed by atoms with van der Waals surface area (Å²) in [5.74, 6) is 0.634. The van der Waals surface area contributed by atoms with Crippen molar-refractivity contribution in [2.75, 3.05) is 19.5 Å². The first-order valence-corrected chi connectivity index (χ1v) is 5.64. The second-order valence-electron chi connectivity index (χ2n) is 2.87. The molecular weight excluding hydrogens is 220 g/mol. The van der Waals surface area contributed by atoms with Crippen LogP contribution in [0.5, 0.6) is 0 Å². The van der Waals surface area contributed by atoms with Crippen molar-refractivity contribution in [3.63, 3.8) is 0 Å². The van der Waals surface area contributed by atoms with Crippen LogP contribution in [-0.2, 0) is 4.74 Å². The molecule has 0 aromatic heterocycles. The van der Waals surface area contributed by atoms with Crippen molar-refractivity contribution in [2.45, 2.75) is 11.0 Å². The van der Waals surface area contributed by atoms with Gasteiger partial charge < -0.3 is 9.84 Å². The van der Waals surface area contributed by atoms with E-state index in [0.717, 1.165) is 9.92 Å². The van der Waals surface area contributed by atoms with E-state index >= 15 is 0 Å². The number of halogens is 1. The molecule has 1 aromatic rings. The number of methoxy groups -OCH3 is 1. The van der Waals surface area contributed by atoms with Crippen LogP contribution in [0.3, 0.4) is 0 Å². The van der Waals surface area contributed by atoms with Crippen LogP contribution in [0, 0.1) is 0 Å². The summed E-state index contributed by atoms with van der Waals surface area (Å²) in [6, 6.07) is 7.55. The maximum absolute atomic E-state index is 9.39. The molecule has 78 valence electrons. The third-order valence-electron chi connectivity index (χ3n) is 1.62. The highest BCUT2D eigenvalue weighted by Gasteiger charge is 2.03. The summed E-state index contributed by atoms with van der Waals surface area (Å²) in [5, 5.41) is 10.1. The molecule has 0 amide bonds. The van der Waals surface area contributed by atoms with Crippen molar-refractivity contribution < 1.29 is 9.84 Å². The second kappa shape index (κ2) is 6.30. The zero-order valence-electron chi connectivity index (χ0n) is 7.94. The van der Waals surface area contributed by atoms with Crippen LogP contribution in [0.4, 0.5) is 0 Å². The molecule has 0 aliphatic rings. The zero-order valence-corrected chi connectivity index (χ0v) is 9.52. The van der Waals surface area contributed by atoms with Crippen LogP contribution in [0.1, 0.15) is 0 Å². The summed E-state index contributed by atoms with van der Waals surface area (Å²) in [6.07, 6.45) is -0.416. The van der Waals surface area contributed by atoms with Crippen LogP contribution < -0.4 is 0 Å². The molecule has 1 N–H and O–H groups in total. The number of aliphatic hydroxyl groups excluding tert-OH is 1. The van der Waals surface area contributed by atoms with Gasteiger partial charge >= 0.3 is 0 Å². The van der Waals surface area contributed by atoms with Gasteiger partial charge in [0.1, 0.15) is 0 Å². The van der Waals surface area contributed by atoms with E-state index in [-0.39, 0.29) is 0 Å². The molecule has 2 nitrogen and oxygen atoms in total. The Bertz CT molecular complexity index is 263. The molecule has 1 unspecified atom stereocenters. The summed E-state index contributed by atoms with van der Waals surface area (Å²) >= 11 is 7.33. The van der Waals surface area contributed by atoms with E-state index in [1.54, 1.807) is 18.9 Å². The lowest BCUT2D eigenvalue weighted by molar-refractivity contribution is 0.0794. The van der Waals surface area contributed by atoms with Gasteiger partial charge in [-0.25, -0.2) is 0 Å². The van der Waals surface area contributed by atoms with Crippen molar-refractivity contribution in [3.05, 3.63) is 29.3 Å². The number of ether oxygens (including phenoxy) is 1. The first-order chi connectivity index (χ1) is 6.72. The zero-order chi connectivity index (χ0) is 10.4. The minimum absolute atomic E-state index is 0.376. The normalized spacial score (nSPS) is 12.8. The topological polar surface area (TPSA) is 29.5 Å². The molecule has 0 saturated heterocycles. The average Bonchev–Trinajstić information content (AvgIpc) is 2.17. The first-order valence-electron chi connectivity index (χ1n) is 4.27. The monoisotopic (exact) mass is 232 g/mol. The van der Waals surface area contributed by atoms with Crippen molar-refractivity contribution in [1.82, 2.24) is 0 Å². The van der Waals surface area contributed by atoms with Gasteiger partial charge in [0, 0.05) is 22.8 Å². The van der Waals surface area contributed by atoms with Gasteiger partial charge in [0.05, 0.1) is 12.7 Å². The number of thioether (sulfide) groups is 1. The molecule has 1 atom stereocenters. The van der Waals surface area contributed by atoms with Gasteiger partial charge in [-0.15, -0.1) is 11.8 Å². The number of benzene rings is 1. The van der Waals surface area contributed by atoms with Crippen LogP contribution in [0.15, 0.2) is 29.2 Å². The summed E-state index contributed by atoms with van der Waals surface area (Å²) in [6.45, 7) is 0.376. The van der Waals surface area contributed by atoms with Gasteiger partial charge in [0.15, 0.2) is 0 Å². The largest absolute Gasteiger partial charge is 0.390 e. The SMILES string of the molecule is COCC(O)CSc1ccc(Cl)cc1. The minimum Gasteiger partial charge on any atom is -0.390 e. The molecule has 0 radical (unpaired) electrons. The lowest BCUT2D eigenvalue weighted by Crippen LogP contribution is -2.16. The Kier molecular flexibility index (Phi) is 5.33. The van der Waals surface area contributed by atoms with Crippen molar-refractivity contribution >= 4 is 23.4 Å². The van der Waals surface area contributed by atoms with Gasteiger partial charge in [0.2, 0.25) is 0 Å². The van der Waals surface area contributed by atoms with Crippen molar-refractivity contribution in [2.24, 2.45) is 0 Å². The van der Waals surface area contributed by atoms with E-state index in [1.165, 1.54) is 0 Å². The van der Waals surface area contributed by atoms with E-state index in [4.69, 9.17) is 16.3 Å². The van der Waals surface area contributed by atoms with Crippen LogP contribution in [-0.4, -0.2) is 30.7 Å². The number of aliphatic hydroxyl groups is 1. The molecule has 0 bridgehead atoms. The second-order valence-corrected chi connectivity index (χ2v) is 4.40. The first kappa shape index (κ1) is 11.9. The highest BCUT2D eigenvalue weighted by atomic mass is 35.5. The predicted octanol–water partition coefficient (Wildman–Crippen LogP) is 2.44. The van der Waals surface area contributed by atoms with Crippen LogP contribution >= 0.6 is 23.4 Å². The number of rotatable bonds is 5. The molecule has 1 rings (SSSR count). The molecule has 14 heavy (non-hydrogen) atoms. The smallest absolute Gasteiger partial charge is 0.0867 e. The van der Waals surface area contributed by atoms with Crippen molar-refractivity contribution in [3.8, 4) is 0 Å². The Labute approximate surface area is 93.2 Å². The third-order valence-corrected chi connectivity index (χ3v) is 3.02. The van der Waals surface area contributed by atoms with E-state index in [0.29, 0.717) is 12.4 Å². The Balaban J connectivity index is 2.34. The maximum Gasteiger partial charge on any atom is 0.0867 e. The fraction of sp³-hybridized carbons (Fsp3) is 0.400. The van der Waals surface area contributed by atoms with Gasteiger partial charge in [-0.3, -0.25) is 0 Å². The highest BCUT2D eigenvalue weighted by Crippen LogP contribution is 2.20. The molecule has 1 aromatic carbocycles. The molecule has 0 aliphatic carbocycles. The average molecular weight is 233 g/mol. The van der Waals surface area contributed by atoms with Crippen molar-refractivity contribution in [1.29, 1.82) is 0 Å². The van der Waals surface area contributed by atoms with E-state index in [1.807, 2.05) is 24.3 Å². The predicted molar refractivity (Wildman–Crippen MR) is 60.1 cm³/mol. The molecule has 0 heterocycles. The van der Waals surface area contributed by atoms with E-state index < -0.39 is 6.10 Å². The lowest BCUT2D eigenvalue weighted by Gasteiger charge is -2.08. The lowest BCUT2D eigenvalue weighted by atomic mass is 10.4. The third kappa shape index (κ3) is 4.33. The van der Waals surface area contributed by atoms with Gasteiger partial charge in [-0.2, -0.15) is 0 Å². The van der Waals surface area contributed by atoms with Gasteiger partial charge in [-0.1, -0.05) is 11.6 Å². The Morgan fingerprint density at radius 1 is 1.43 bits per heavy atom. The number of hydrogen-bond donors (Lipinski definition) is 1. The quantitative estimate of drug-likeness (QED) is 0.791. The molecule has 4 heteroatoms. The highest BCUT2D eigenvalue weighted by molar-refractivity contribution is 7.99. The van der Waals surface area contributed by atoms with Gasteiger partial charge in [-0.05, 0) is 24.3 Å². The molecule has 0 fully saturated rings. The fourth-order valence-electron chi connectivity index (χ4n) is 0.964. The number of hydrogen-bond acceptors (Lipinski definition) is 3. The Morgan fingerprint density at radius 3 is 2.64 bits per heavy atom. The van der Waals surface area contributed by atoms with Crippen LogP contribution in [0.25, 0.3) is 0 Å². The summed E-state index contributed by atoms with van der Waals surface area (Å²) in [7, 11) is 1.58. The fourth-order valence-corrected chi connectivity index (χ4v) is 1.90. The minimum atomic E-state index is -0.416.